The molecule has 0 aromatic carbocycles. The third-order valence-electron chi connectivity index (χ3n) is 4.82. The molecule has 2 amide bonds. The van der Waals surface area contributed by atoms with Crippen molar-refractivity contribution < 1.29 is 19.8 Å². The number of likely N-dealkylation sites (N-methyl/N-ethyl adjacent to an activating group) is 1. The molecule has 8 heteroatoms. The lowest BCUT2D eigenvalue weighted by Crippen LogP contribution is -2.53. The molecule has 1 fully saturated rings. The van der Waals surface area contributed by atoms with Crippen LogP contribution < -0.4 is 10.6 Å². The molecule has 1 saturated heterocycles. The van der Waals surface area contributed by atoms with Gasteiger partial charge in [-0.15, -0.1) is 0 Å². The van der Waals surface area contributed by atoms with Crippen LogP contribution in [0.25, 0.3) is 0 Å². The lowest BCUT2D eigenvalue weighted by atomic mass is 9.97. The zero-order valence-electron chi connectivity index (χ0n) is 15.0. The van der Waals surface area contributed by atoms with Crippen LogP contribution in [-0.2, 0) is 11.2 Å². The van der Waals surface area contributed by atoms with E-state index < -0.39 is 17.7 Å². The zero-order valence-corrected chi connectivity index (χ0v) is 15.0. The van der Waals surface area contributed by atoms with Gasteiger partial charge in [-0.2, -0.15) is 0 Å². The summed E-state index contributed by atoms with van der Waals surface area (Å²) < 4.78 is 0. The van der Waals surface area contributed by atoms with E-state index in [4.69, 9.17) is 0 Å². The summed E-state index contributed by atoms with van der Waals surface area (Å²) in [5.74, 6) is -0.537. The number of aliphatic hydroxyl groups is 2. The van der Waals surface area contributed by atoms with Gasteiger partial charge in [0, 0.05) is 31.7 Å². The Balaban J connectivity index is 1.76. The predicted molar refractivity (Wildman–Crippen MR) is 93.2 cm³/mol. The Morgan fingerprint density at radius 1 is 1.40 bits per heavy atom. The molecule has 0 radical (unpaired) electrons. The molecule has 1 aromatic heterocycles. The van der Waals surface area contributed by atoms with Crippen LogP contribution in [0.1, 0.15) is 36.5 Å². The highest BCUT2D eigenvalue weighted by molar-refractivity contribution is 5.92. The van der Waals surface area contributed by atoms with Crippen LogP contribution in [0.2, 0.25) is 0 Å². The van der Waals surface area contributed by atoms with Gasteiger partial charge < -0.3 is 25.8 Å². The highest BCUT2D eigenvalue weighted by Crippen LogP contribution is 2.27. The lowest BCUT2D eigenvalue weighted by molar-refractivity contribution is -0.130. The van der Waals surface area contributed by atoms with Gasteiger partial charge in [0.2, 0.25) is 5.91 Å². The van der Waals surface area contributed by atoms with Crippen LogP contribution in [0.5, 0.6) is 0 Å². The standard InChI is InChI=1S/C17H28N4O4/c1-4-11-5-6-14(20-11)15(24)18-8-13(23)9-19-16(25)17(2)7-12(22)10-21(17)3/h5-6,12-13,20,22-23H,4,7-10H2,1-3H3,(H,18,24)(H,19,25). The predicted octanol–water partition coefficient (Wildman–Crippen LogP) is -0.761. The number of rotatable bonds is 7. The van der Waals surface area contributed by atoms with Crippen molar-refractivity contribution in [2.45, 2.75) is 44.4 Å². The number of nitrogens with zero attached hydrogens (tertiary/aromatic N) is 1. The molecule has 1 aliphatic heterocycles. The minimum absolute atomic E-state index is 0.0313. The van der Waals surface area contributed by atoms with E-state index in [0.29, 0.717) is 18.7 Å². The first-order chi connectivity index (χ1) is 11.8. The van der Waals surface area contributed by atoms with Gasteiger partial charge in [0.15, 0.2) is 0 Å². The topological polar surface area (TPSA) is 118 Å². The summed E-state index contributed by atoms with van der Waals surface area (Å²) >= 11 is 0. The normalized spacial score (nSPS) is 24.9. The van der Waals surface area contributed by atoms with E-state index in [1.165, 1.54) is 0 Å². The quantitative estimate of drug-likeness (QED) is 0.442. The van der Waals surface area contributed by atoms with Crippen molar-refractivity contribution >= 4 is 11.8 Å². The Morgan fingerprint density at radius 3 is 2.64 bits per heavy atom. The molecule has 3 unspecified atom stereocenters. The minimum Gasteiger partial charge on any atom is -0.392 e. The number of aryl methyl sites for hydroxylation is 1. The number of β-amino-alcohol motifs (C(OH)–C–C–N with tert-alkyl or cyclic N) is 1. The van der Waals surface area contributed by atoms with Crippen LogP contribution in [0.4, 0.5) is 0 Å². The Bertz CT molecular complexity index is 618. The summed E-state index contributed by atoms with van der Waals surface area (Å²) in [6.07, 6.45) is -0.258. The second-order valence-corrected chi connectivity index (χ2v) is 6.84. The number of hydrogen-bond donors (Lipinski definition) is 5. The number of aromatic amines is 1. The number of nitrogens with one attached hydrogen (secondary N) is 3. The van der Waals surface area contributed by atoms with E-state index in [1.807, 2.05) is 13.0 Å². The number of likely N-dealkylation sites (tertiary alicyclic amines) is 1. The monoisotopic (exact) mass is 352 g/mol. The molecule has 0 saturated carbocycles. The summed E-state index contributed by atoms with van der Waals surface area (Å²) in [5, 5.41) is 25.0. The number of hydrogen-bond acceptors (Lipinski definition) is 5. The van der Waals surface area contributed by atoms with Crippen molar-refractivity contribution in [2.75, 3.05) is 26.7 Å². The average molecular weight is 352 g/mol. The molecule has 140 valence electrons. The molecule has 3 atom stereocenters. The van der Waals surface area contributed by atoms with E-state index in [0.717, 1.165) is 12.1 Å². The largest absolute Gasteiger partial charge is 0.392 e. The first-order valence-electron chi connectivity index (χ1n) is 8.58. The van der Waals surface area contributed by atoms with E-state index in [-0.39, 0.29) is 24.9 Å². The molecule has 5 N–H and O–H groups in total. The zero-order chi connectivity index (χ0) is 18.6. The molecule has 1 aliphatic rings. The molecule has 0 bridgehead atoms. The number of carbonyl (C=O) groups excluding carboxylic acids is 2. The van der Waals surface area contributed by atoms with Crippen molar-refractivity contribution in [1.82, 2.24) is 20.5 Å². The van der Waals surface area contributed by atoms with Crippen molar-refractivity contribution in [1.29, 1.82) is 0 Å². The molecule has 0 spiro atoms. The first kappa shape index (κ1) is 19.4. The van der Waals surface area contributed by atoms with Crippen molar-refractivity contribution in [2.24, 2.45) is 0 Å². The van der Waals surface area contributed by atoms with E-state index >= 15 is 0 Å². The number of amides is 2. The van der Waals surface area contributed by atoms with Crippen molar-refractivity contribution in [3.63, 3.8) is 0 Å². The first-order valence-corrected chi connectivity index (χ1v) is 8.58. The third-order valence-corrected chi connectivity index (χ3v) is 4.82. The molecule has 2 rings (SSSR count). The second kappa shape index (κ2) is 7.99. The SMILES string of the molecule is CCc1ccc(C(=O)NCC(O)CNC(=O)C2(C)CC(O)CN2C)[nH]1. The molecule has 1 aromatic rings. The molecular formula is C17H28N4O4. The van der Waals surface area contributed by atoms with Crippen LogP contribution in [0, 0.1) is 0 Å². The summed E-state index contributed by atoms with van der Waals surface area (Å²) in [4.78, 5) is 29.1. The molecule has 0 aliphatic carbocycles. The summed E-state index contributed by atoms with van der Waals surface area (Å²) in [7, 11) is 1.79. The molecule has 8 nitrogen and oxygen atoms in total. The van der Waals surface area contributed by atoms with Crippen LogP contribution in [0.3, 0.4) is 0 Å². The van der Waals surface area contributed by atoms with Gasteiger partial charge in [-0.25, -0.2) is 0 Å². The number of aromatic nitrogens is 1. The van der Waals surface area contributed by atoms with Gasteiger partial charge in [0.1, 0.15) is 5.69 Å². The van der Waals surface area contributed by atoms with Gasteiger partial charge in [0.05, 0.1) is 17.7 Å². The van der Waals surface area contributed by atoms with Crippen LogP contribution in [0.15, 0.2) is 12.1 Å². The maximum atomic E-state index is 12.4. The van der Waals surface area contributed by atoms with E-state index in [1.54, 1.807) is 24.9 Å². The van der Waals surface area contributed by atoms with Crippen molar-refractivity contribution in [3.8, 4) is 0 Å². The molecule has 2 heterocycles. The van der Waals surface area contributed by atoms with Crippen LogP contribution in [-0.4, -0.2) is 76.3 Å². The highest BCUT2D eigenvalue weighted by atomic mass is 16.3. The Kier molecular flexibility index (Phi) is 6.21. The number of aliphatic hydroxyl groups excluding tert-OH is 2. The molecule has 25 heavy (non-hydrogen) atoms. The third kappa shape index (κ3) is 4.59. The summed E-state index contributed by atoms with van der Waals surface area (Å²) in [5.41, 5.74) is 0.625. The maximum Gasteiger partial charge on any atom is 0.267 e. The number of carbonyl (C=O) groups is 2. The van der Waals surface area contributed by atoms with Gasteiger partial charge in [-0.05, 0) is 32.5 Å². The average Bonchev–Trinajstić information content (AvgIpc) is 3.15. The second-order valence-electron chi connectivity index (χ2n) is 6.84. The Hall–Kier alpha value is -1.90. The van der Waals surface area contributed by atoms with Gasteiger partial charge in [-0.1, -0.05) is 6.92 Å². The van der Waals surface area contributed by atoms with Gasteiger partial charge in [-0.3, -0.25) is 14.5 Å². The fourth-order valence-electron chi connectivity index (χ4n) is 3.02. The summed E-state index contributed by atoms with van der Waals surface area (Å²) in [6, 6.07) is 3.54. The van der Waals surface area contributed by atoms with E-state index in [2.05, 4.69) is 15.6 Å². The molecular weight excluding hydrogens is 324 g/mol. The Labute approximate surface area is 147 Å². The fraction of sp³-hybridized carbons (Fsp3) is 0.647. The van der Waals surface area contributed by atoms with Gasteiger partial charge in [0.25, 0.3) is 5.91 Å². The summed E-state index contributed by atoms with van der Waals surface area (Å²) in [6.45, 7) is 4.27. The number of H-pyrrole nitrogens is 1. The minimum atomic E-state index is -0.895. The highest BCUT2D eigenvalue weighted by Gasteiger charge is 2.45. The Morgan fingerprint density at radius 2 is 2.08 bits per heavy atom. The maximum absolute atomic E-state index is 12.4. The van der Waals surface area contributed by atoms with E-state index in [9.17, 15) is 19.8 Å². The lowest BCUT2D eigenvalue weighted by Gasteiger charge is -2.30. The van der Waals surface area contributed by atoms with Crippen molar-refractivity contribution in [3.05, 3.63) is 23.5 Å². The smallest absolute Gasteiger partial charge is 0.267 e. The van der Waals surface area contributed by atoms with Gasteiger partial charge >= 0.3 is 0 Å². The fourth-order valence-corrected chi connectivity index (χ4v) is 3.02. The van der Waals surface area contributed by atoms with Crippen LogP contribution >= 0.6 is 0 Å².